The molecule has 4 nitrogen and oxygen atoms in total. The molecule has 0 saturated carbocycles. The van der Waals surface area contributed by atoms with E-state index in [0.717, 1.165) is 27.6 Å². The first-order valence-electron chi connectivity index (χ1n) is 9.23. The molecular formula is C23H22N2O2. The highest BCUT2D eigenvalue weighted by molar-refractivity contribution is 5.97. The van der Waals surface area contributed by atoms with Gasteiger partial charge in [-0.3, -0.25) is 9.59 Å². The molecule has 4 rings (SSSR count). The molecule has 0 aromatic heterocycles. The summed E-state index contributed by atoms with van der Waals surface area (Å²) in [6, 6.07) is 21.8. The van der Waals surface area contributed by atoms with Gasteiger partial charge in [0.15, 0.2) is 0 Å². The van der Waals surface area contributed by atoms with Gasteiger partial charge in [-0.1, -0.05) is 60.2 Å². The van der Waals surface area contributed by atoms with Gasteiger partial charge < -0.3 is 10.2 Å². The fraction of sp³-hybridized carbons (Fsp3) is 0.217. The smallest absolute Gasteiger partial charge is 0.229 e. The number of hydrogen-bond donors (Lipinski definition) is 1. The van der Waals surface area contributed by atoms with E-state index >= 15 is 0 Å². The average molecular weight is 358 g/mol. The number of amides is 2. The monoisotopic (exact) mass is 358 g/mol. The Balaban J connectivity index is 1.43. The fourth-order valence-corrected chi connectivity index (χ4v) is 3.68. The molecule has 27 heavy (non-hydrogen) atoms. The van der Waals surface area contributed by atoms with Gasteiger partial charge in [-0.05, 0) is 35.4 Å². The number of benzene rings is 3. The first-order chi connectivity index (χ1) is 13.1. The number of rotatable bonds is 4. The van der Waals surface area contributed by atoms with Crippen molar-refractivity contribution in [1.29, 1.82) is 0 Å². The number of carbonyl (C=O) groups excluding carboxylic acids is 2. The maximum absolute atomic E-state index is 12.6. The minimum atomic E-state index is -0.152. The van der Waals surface area contributed by atoms with Crippen LogP contribution in [0.15, 0.2) is 66.7 Å². The number of aryl methyl sites for hydroxylation is 1. The largest absolute Gasteiger partial charge is 0.351 e. The second-order valence-electron chi connectivity index (χ2n) is 7.12. The zero-order chi connectivity index (χ0) is 18.8. The molecule has 1 heterocycles. The van der Waals surface area contributed by atoms with Gasteiger partial charge in [0.1, 0.15) is 0 Å². The summed E-state index contributed by atoms with van der Waals surface area (Å²) < 4.78 is 0. The molecule has 1 N–H and O–H groups in total. The van der Waals surface area contributed by atoms with Gasteiger partial charge in [-0.15, -0.1) is 0 Å². The van der Waals surface area contributed by atoms with E-state index in [4.69, 9.17) is 0 Å². The molecule has 1 aliphatic heterocycles. The lowest BCUT2D eigenvalue weighted by Gasteiger charge is -2.17. The first-order valence-corrected chi connectivity index (χ1v) is 9.23. The summed E-state index contributed by atoms with van der Waals surface area (Å²) in [6.07, 6.45) is 0.658. The first kappa shape index (κ1) is 17.3. The zero-order valence-corrected chi connectivity index (χ0v) is 15.3. The molecule has 1 atom stereocenters. The van der Waals surface area contributed by atoms with Gasteiger partial charge in [0.2, 0.25) is 11.8 Å². The maximum Gasteiger partial charge on any atom is 0.229 e. The summed E-state index contributed by atoms with van der Waals surface area (Å²) >= 11 is 0. The van der Waals surface area contributed by atoms with Gasteiger partial charge in [-0.2, -0.15) is 0 Å². The van der Waals surface area contributed by atoms with E-state index in [1.54, 1.807) is 4.90 Å². The number of nitrogens with zero attached hydrogens (tertiary/aromatic N) is 1. The van der Waals surface area contributed by atoms with Gasteiger partial charge in [0.25, 0.3) is 0 Å². The topological polar surface area (TPSA) is 49.4 Å². The minimum Gasteiger partial charge on any atom is -0.351 e. The van der Waals surface area contributed by atoms with Gasteiger partial charge >= 0.3 is 0 Å². The van der Waals surface area contributed by atoms with Crippen LogP contribution in [-0.4, -0.2) is 24.4 Å². The Morgan fingerprint density at radius 3 is 2.59 bits per heavy atom. The third-order valence-corrected chi connectivity index (χ3v) is 5.07. The Hall–Kier alpha value is -3.14. The Labute approximate surface area is 158 Å². The molecule has 0 radical (unpaired) electrons. The molecule has 0 unspecified atom stereocenters. The van der Waals surface area contributed by atoms with Crippen molar-refractivity contribution in [3.05, 3.63) is 77.9 Å². The van der Waals surface area contributed by atoms with E-state index < -0.39 is 0 Å². The molecule has 4 heteroatoms. The lowest BCUT2D eigenvalue weighted by Crippen LogP contribution is -2.38. The predicted octanol–water partition coefficient (Wildman–Crippen LogP) is 3.61. The predicted molar refractivity (Wildman–Crippen MR) is 108 cm³/mol. The second-order valence-corrected chi connectivity index (χ2v) is 7.12. The van der Waals surface area contributed by atoms with E-state index in [9.17, 15) is 9.59 Å². The summed E-state index contributed by atoms with van der Waals surface area (Å²) in [5, 5.41) is 5.26. The molecule has 0 spiro atoms. The van der Waals surface area contributed by atoms with Crippen LogP contribution in [0.1, 0.15) is 17.5 Å². The van der Waals surface area contributed by atoms with Crippen LogP contribution in [0.3, 0.4) is 0 Å². The molecule has 1 fully saturated rings. The maximum atomic E-state index is 12.6. The van der Waals surface area contributed by atoms with E-state index in [1.165, 1.54) is 0 Å². The third-order valence-electron chi connectivity index (χ3n) is 5.07. The summed E-state index contributed by atoms with van der Waals surface area (Å²) in [5.74, 6) is 0.00391. The zero-order valence-electron chi connectivity index (χ0n) is 15.3. The van der Waals surface area contributed by atoms with Crippen LogP contribution in [0.5, 0.6) is 0 Å². The summed E-state index contributed by atoms with van der Waals surface area (Å²) in [4.78, 5) is 26.7. The van der Waals surface area contributed by atoms with Crippen LogP contribution in [0.4, 0.5) is 5.69 Å². The van der Waals surface area contributed by atoms with E-state index in [2.05, 4.69) is 5.32 Å². The van der Waals surface area contributed by atoms with E-state index in [-0.39, 0.29) is 17.9 Å². The summed E-state index contributed by atoms with van der Waals surface area (Å²) in [5.41, 5.74) is 3.05. The third kappa shape index (κ3) is 3.70. The van der Waals surface area contributed by atoms with Gasteiger partial charge in [-0.25, -0.2) is 0 Å². The van der Waals surface area contributed by atoms with Crippen LogP contribution in [0.25, 0.3) is 10.8 Å². The van der Waals surface area contributed by atoms with Crippen molar-refractivity contribution in [1.82, 2.24) is 5.32 Å². The van der Waals surface area contributed by atoms with Crippen LogP contribution < -0.4 is 10.2 Å². The van der Waals surface area contributed by atoms with Crippen LogP contribution in [0, 0.1) is 6.92 Å². The molecule has 136 valence electrons. The van der Waals surface area contributed by atoms with Gasteiger partial charge in [0, 0.05) is 18.7 Å². The standard InChI is InChI=1S/C23H22N2O2/c1-16-9-11-20(12-10-16)25-15-19(14-23(25)27)24-22(26)13-18-7-4-6-17-5-2-3-8-21(17)18/h2-12,19H,13-15H2,1H3,(H,24,26)/t19-/m0/s1. The minimum absolute atomic E-state index is 0.0464. The number of nitrogens with one attached hydrogen (secondary N) is 1. The Morgan fingerprint density at radius 1 is 1.04 bits per heavy atom. The Kier molecular flexibility index (Phi) is 4.63. The van der Waals surface area contributed by atoms with E-state index in [0.29, 0.717) is 19.4 Å². The van der Waals surface area contributed by atoms with Crippen molar-refractivity contribution in [3.8, 4) is 0 Å². The fourth-order valence-electron chi connectivity index (χ4n) is 3.68. The Morgan fingerprint density at radius 2 is 1.78 bits per heavy atom. The van der Waals surface area contributed by atoms with Crippen molar-refractivity contribution >= 4 is 28.3 Å². The van der Waals surface area contributed by atoms with E-state index in [1.807, 2.05) is 73.7 Å². The SMILES string of the molecule is Cc1ccc(N2C[C@@H](NC(=O)Cc3cccc4ccccc34)CC2=O)cc1. The molecule has 3 aromatic rings. The van der Waals surface area contributed by atoms with Crippen molar-refractivity contribution < 1.29 is 9.59 Å². The molecule has 0 aliphatic carbocycles. The molecule has 0 bridgehead atoms. The van der Waals surface area contributed by atoms with Crippen LogP contribution >= 0.6 is 0 Å². The van der Waals surface area contributed by atoms with Crippen LogP contribution in [0.2, 0.25) is 0 Å². The van der Waals surface area contributed by atoms with Crippen LogP contribution in [-0.2, 0) is 16.0 Å². The highest BCUT2D eigenvalue weighted by Gasteiger charge is 2.31. The van der Waals surface area contributed by atoms with Crippen molar-refractivity contribution in [2.45, 2.75) is 25.8 Å². The van der Waals surface area contributed by atoms with Gasteiger partial charge in [0.05, 0.1) is 12.5 Å². The second kappa shape index (κ2) is 7.23. The number of fused-ring (bicyclic) bond motifs is 1. The number of hydrogen-bond acceptors (Lipinski definition) is 2. The average Bonchev–Trinajstić information content (AvgIpc) is 3.02. The van der Waals surface area contributed by atoms with Crippen molar-refractivity contribution in [2.75, 3.05) is 11.4 Å². The normalized spacial score (nSPS) is 16.7. The molecule has 1 aliphatic rings. The highest BCUT2D eigenvalue weighted by atomic mass is 16.2. The number of carbonyl (C=O) groups is 2. The lowest BCUT2D eigenvalue weighted by atomic mass is 10.0. The summed E-state index contributed by atoms with van der Waals surface area (Å²) in [7, 11) is 0. The highest BCUT2D eigenvalue weighted by Crippen LogP contribution is 2.23. The Bertz CT molecular complexity index is 989. The summed E-state index contributed by atoms with van der Waals surface area (Å²) in [6.45, 7) is 2.54. The molecule has 2 amide bonds. The molecule has 1 saturated heterocycles. The van der Waals surface area contributed by atoms with Crippen molar-refractivity contribution in [3.63, 3.8) is 0 Å². The molecular weight excluding hydrogens is 336 g/mol. The molecule has 3 aromatic carbocycles. The number of anilines is 1. The van der Waals surface area contributed by atoms with Crippen molar-refractivity contribution in [2.24, 2.45) is 0 Å². The lowest BCUT2D eigenvalue weighted by molar-refractivity contribution is -0.121. The quantitative estimate of drug-likeness (QED) is 0.774.